The van der Waals surface area contributed by atoms with Gasteiger partial charge in [-0.1, -0.05) is 43.5 Å². The molecule has 0 radical (unpaired) electrons. The van der Waals surface area contributed by atoms with Crippen LogP contribution in [0.2, 0.25) is 5.15 Å². The molecule has 0 saturated carbocycles. The lowest BCUT2D eigenvalue weighted by atomic mass is 10.0. The minimum Gasteiger partial charge on any atom is -0.244 e. The molecule has 5 heteroatoms. The van der Waals surface area contributed by atoms with Crippen molar-refractivity contribution < 1.29 is 0 Å². The Balaban J connectivity index is 2.82. The summed E-state index contributed by atoms with van der Waals surface area (Å²) in [7, 11) is 0. The van der Waals surface area contributed by atoms with Crippen molar-refractivity contribution in [2.75, 3.05) is 0 Å². The number of pyridine rings is 1. The molecular formula is C11H7Br3ClN. The van der Waals surface area contributed by atoms with Gasteiger partial charge in [0.1, 0.15) is 5.15 Å². The lowest BCUT2D eigenvalue weighted by molar-refractivity contribution is 1.29. The summed E-state index contributed by atoms with van der Waals surface area (Å²) in [6.45, 7) is 0. The Labute approximate surface area is 124 Å². The van der Waals surface area contributed by atoms with Crippen molar-refractivity contribution in [3.63, 3.8) is 0 Å². The van der Waals surface area contributed by atoms with Crippen LogP contribution in [-0.4, -0.2) is 4.98 Å². The fraction of sp³-hybridized carbons (Fsp3) is 0.182. The highest BCUT2D eigenvalue weighted by atomic mass is 79.9. The van der Waals surface area contributed by atoms with Crippen LogP contribution in [-0.2, 0) is 10.7 Å². The maximum atomic E-state index is 5.91. The van der Waals surface area contributed by atoms with Crippen LogP contribution in [0.3, 0.4) is 0 Å². The number of hydrogen-bond donors (Lipinski definition) is 0. The fourth-order valence-corrected chi connectivity index (χ4v) is 4.00. The molecule has 0 aliphatic rings. The van der Waals surface area contributed by atoms with Crippen molar-refractivity contribution in [3.05, 3.63) is 39.1 Å². The minimum absolute atomic E-state index is 0.514. The van der Waals surface area contributed by atoms with Crippen LogP contribution in [0.15, 0.2) is 22.8 Å². The summed E-state index contributed by atoms with van der Waals surface area (Å²) < 4.78 is 1.08. The summed E-state index contributed by atoms with van der Waals surface area (Å²) >= 11 is 16.5. The number of benzene rings is 1. The van der Waals surface area contributed by atoms with Gasteiger partial charge in [-0.3, -0.25) is 0 Å². The quantitative estimate of drug-likeness (QED) is 0.459. The Bertz CT molecular complexity index is 542. The van der Waals surface area contributed by atoms with E-state index in [0.29, 0.717) is 5.15 Å². The highest BCUT2D eigenvalue weighted by Gasteiger charge is 2.10. The first kappa shape index (κ1) is 12.8. The van der Waals surface area contributed by atoms with Gasteiger partial charge in [-0.25, -0.2) is 4.98 Å². The lowest BCUT2D eigenvalue weighted by Crippen LogP contribution is -1.92. The monoisotopic (exact) mass is 425 g/mol. The molecule has 1 nitrogen and oxygen atoms in total. The van der Waals surface area contributed by atoms with Crippen LogP contribution < -0.4 is 0 Å². The van der Waals surface area contributed by atoms with E-state index in [1.807, 2.05) is 6.07 Å². The van der Waals surface area contributed by atoms with E-state index in [4.69, 9.17) is 11.6 Å². The van der Waals surface area contributed by atoms with Gasteiger partial charge in [-0.2, -0.15) is 0 Å². The lowest BCUT2D eigenvalue weighted by Gasteiger charge is -2.11. The predicted molar refractivity (Wildman–Crippen MR) is 79.7 cm³/mol. The summed E-state index contributed by atoms with van der Waals surface area (Å²) in [5.41, 5.74) is 2.49. The van der Waals surface area contributed by atoms with Gasteiger partial charge in [0.15, 0.2) is 0 Å². The molecular weight excluding hydrogens is 421 g/mol. The first-order valence-electron chi connectivity index (χ1n) is 4.54. The van der Waals surface area contributed by atoms with Gasteiger partial charge in [0.2, 0.25) is 0 Å². The molecule has 0 amide bonds. The number of nitrogens with zero attached hydrogens (tertiary/aromatic N) is 1. The molecule has 0 spiro atoms. The number of rotatable bonds is 2. The molecule has 1 aromatic carbocycles. The van der Waals surface area contributed by atoms with Crippen molar-refractivity contribution in [2.24, 2.45) is 0 Å². The standard InChI is InChI=1S/C11H7Br3ClN/c12-3-6-1-7-5-16-10(15)2-8(7)11(14)9(6)4-13/h1-2,5H,3-4H2. The smallest absolute Gasteiger partial charge is 0.129 e. The van der Waals surface area contributed by atoms with Gasteiger partial charge in [0, 0.05) is 32.1 Å². The Morgan fingerprint density at radius 1 is 1.19 bits per heavy atom. The number of alkyl halides is 2. The minimum atomic E-state index is 0.514. The van der Waals surface area contributed by atoms with Crippen molar-refractivity contribution in [1.82, 2.24) is 4.98 Å². The fourth-order valence-electron chi connectivity index (χ4n) is 1.59. The maximum absolute atomic E-state index is 5.91. The van der Waals surface area contributed by atoms with E-state index in [1.54, 1.807) is 6.20 Å². The molecule has 16 heavy (non-hydrogen) atoms. The number of hydrogen-bond acceptors (Lipinski definition) is 1. The van der Waals surface area contributed by atoms with Gasteiger partial charge in [0.25, 0.3) is 0 Å². The molecule has 0 unspecified atom stereocenters. The molecule has 0 bridgehead atoms. The molecule has 0 aliphatic carbocycles. The van der Waals surface area contributed by atoms with Crippen LogP contribution in [0.4, 0.5) is 0 Å². The van der Waals surface area contributed by atoms with E-state index in [2.05, 4.69) is 58.8 Å². The zero-order valence-electron chi connectivity index (χ0n) is 8.11. The third kappa shape index (κ3) is 2.30. The Kier molecular flexibility index (Phi) is 4.27. The second-order valence-corrected chi connectivity index (χ2v) is 5.63. The Morgan fingerprint density at radius 2 is 1.94 bits per heavy atom. The van der Waals surface area contributed by atoms with Crippen molar-refractivity contribution >= 4 is 70.2 Å². The largest absolute Gasteiger partial charge is 0.244 e. The number of halogens is 4. The van der Waals surface area contributed by atoms with Gasteiger partial charge >= 0.3 is 0 Å². The molecule has 2 aromatic rings. The molecule has 2 rings (SSSR count). The van der Waals surface area contributed by atoms with Gasteiger partial charge in [0.05, 0.1) is 0 Å². The van der Waals surface area contributed by atoms with Crippen molar-refractivity contribution in [2.45, 2.75) is 10.7 Å². The first-order chi connectivity index (χ1) is 7.67. The van der Waals surface area contributed by atoms with Crippen LogP contribution in [0.25, 0.3) is 10.8 Å². The van der Waals surface area contributed by atoms with Crippen LogP contribution in [0.5, 0.6) is 0 Å². The molecule has 0 aliphatic heterocycles. The van der Waals surface area contributed by atoms with Crippen LogP contribution >= 0.6 is 59.4 Å². The topological polar surface area (TPSA) is 12.9 Å². The predicted octanol–water partition coefficient (Wildman–Crippen LogP) is 5.44. The zero-order valence-corrected chi connectivity index (χ0v) is 13.6. The molecule has 0 N–H and O–H groups in total. The van der Waals surface area contributed by atoms with E-state index in [0.717, 1.165) is 25.9 Å². The van der Waals surface area contributed by atoms with E-state index >= 15 is 0 Å². The molecule has 0 atom stereocenters. The molecule has 84 valence electrons. The summed E-state index contributed by atoms with van der Waals surface area (Å²) in [5.74, 6) is 0. The number of fused-ring (bicyclic) bond motifs is 1. The zero-order chi connectivity index (χ0) is 11.7. The third-order valence-electron chi connectivity index (χ3n) is 2.40. The van der Waals surface area contributed by atoms with Crippen molar-refractivity contribution in [1.29, 1.82) is 0 Å². The van der Waals surface area contributed by atoms with E-state index < -0.39 is 0 Å². The Hall–Kier alpha value is 0.360. The second kappa shape index (κ2) is 5.34. The van der Waals surface area contributed by atoms with Gasteiger partial charge in [-0.05, 0) is 39.2 Å². The van der Waals surface area contributed by atoms with E-state index in [-0.39, 0.29) is 0 Å². The summed E-state index contributed by atoms with van der Waals surface area (Å²) in [6.07, 6.45) is 1.80. The molecule has 0 saturated heterocycles. The van der Waals surface area contributed by atoms with Crippen molar-refractivity contribution in [3.8, 4) is 0 Å². The molecule has 0 fully saturated rings. The van der Waals surface area contributed by atoms with Crippen LogP contribution in [0, 0.1) is 0 Å². The van der Waals surface area contributed by atoms with Gasteiger partial charge < -0.3 is 0 Å². The number of aromatic nitrogens is 1. The highest BCUT2D eigenvalue weighted by molar-refractivity contribution is 9.11. The maximum Gasteiger partial charge on any atom is 0.129 e. The summed E-state index contributed by atoms with van der Waals surface area (Å²) in [4.78, 5) is 4.10. The average molecular weight is 428 g/mol. The Morgan fingerprint density at radius 3 is 2.56 bits per heavy atom. The summed E-state index contributed by atoms with van der Waals surface area (Å²) in [5, 5.41) is 4.34. The third-order valence-corrected chi connectivity index (χ3v) is 4.68. The first-order valence-corrected chi connectivity index (χ1v) is 7.96. The SMILES string of the molecule is Clc1cc2c(Br)c(CBr)c(CBr)cc2cn1. The highest BCUT2D eigenvalue weighted by Crippen LogP contribution is 2.33. The average Bonchev–Trinajstić information content (AvgIpc) is 2.29. The second-order valence-electron chi connectivity index (χ2n) is 3.32. The molecule has 1 aromatic heterocycles. The van der Waals surface area contributed by atoms with E-state index in [9.17, 15) is 0 Å². The normalized spacial score (nSPS) is 11.0. The molecule has 1 heterocycles. The summed E-state index contributed by atoms with van der Waals surface area (Å²) in [6, 6.07) is 4.01. The van der Waals surface area contributed by atoms with Gasteiger partial charge in [-0.15, -0.1) is 0 Å². The van der Waals surface area contributed by atoms with E-state index in [1.165, 1.54) is 11.1 Å². The van der Waals surface area contributed by atoms with Crippen LogP contribution in [0.1, 0.15) is 11.1 Å².